The van der Waals surface area contributed by atoms with Crippen molar-refractivity contribution in [3.63, 3.8) is 0 Å². The second-order valence-corrected chi connectivity index (χ2v) is 6.42. The first-order chi connectivity index (χ1) is 11.5. The predicted molar refractivity (Wildman–Crippen MR) is 94.2 cm³/mol. The zero-order valence-corrected chi connectivity index (χ0v) is 15.3. The van der Waals surface area contributed by atoms with Crippen LogP contribution in [-0.2, 0) is 4.79 Å². The van der Waals surface area contributed by atoms with E-state index in [-0.39, 0.29) is 17.9 Å². The highest BCUT2D eigenvalue weighted by molar-refractivity contribution is 5.80. The van der Waals surface area contributed by atoms with E-state index in [2.05, 4.69) is 27.7 Å². The summed E-state index contributed by atoms with van der Waals surface area (Å²) in [5, 5.41) is 10.8. The summed E-state index contributed by atoms with van der Waals surface area (Å²) in [6.45, 7) is 10.3. The number of carbonyl (C=O) groups is 1. The van der Waals surface area contributed by atoms with E-state index in [9.17, 15) is 4.79 Å². The van der Waals surface area contributed by atoms with Crippen LogP contribution in [0.1, 0.15) is 49.6 Å². The maximum absolute atomic E-state index is 11.8. The fourth-order valence-corrected chi connectivity index (χ4v) is 3.26. The number of aliphatic imine (C=N–C) groups is 1. The van der Waals surface area contributed by atoms with E-state index >= 15 is 0 Å². The van der Waals surface area contributed by atoms with Crippen LogP contribution in [0, 0.1) is 13.8 Å². The number of carbonyl (C=O) groups excluding carboxylic acids is 1. The van der Waals surface area contributed by atoms with Crippen molar-refractivity contribution < 1.29 is 9.32 Å². The largest absolute Gasteiger partial charge is 0.361 e. The number of aromatic nitrogens is 1. The molecule has 1 fully saturated rings. The lowest BCUT2D eigenvalue weighted by Crippen LogP contribution is -2.45. The highest BCUT2D eigenvalue weighted by Gasteiger charge is 2.26. The SMILES string of the molecule is CCC(=O)N1CCC(NC(=NC)NCC(C)c2c(C)noc2C)C1. The Kier molecular flexibility index (Phi) is 6.23. The molecule has 7 heteroatoms. The molecule has 0 spiro atoms. The molecule has 1 aliphatic heterocycles. The standard InChI is InChI=1S/C17H29N5O2/c1-6-15(23)22-8-7-14(10-22)20-17(18-5)19-9-11(2)16-12(3)21-24-13(16)4/h11,14H,6-10H2,1-5H3,(H2,18,19,20). The van der Waals surface area contributed by atoms with E-state index in [4.69, 9.17) is 4.52 Å². The van der Waals surface area contributed by atoms with Crippen LogP contribution in [0.4, 0.5) is 0 Å². The van der Waals surface area contributed by atoms with Gasteiger partial charge in [-0.25, -0.2) is 0 Å². The van der Waals surface area contributed by atoms with Crippen LogP contribution in [-0.4, -0.2) is 54.6 Å². The van der Waals surface area contributed by atoms with Gasteiger partial charge in [0, 0.05) is 50.6 Å². The highest BCUT2D eigenvalue weighted by Crippen LogP contribution is 2.22. The van der Waals surface area contributed by atoms with Gasteiger partial charge in [-0.05, 0) is 20.3 Å². The molecule has 2 N–H and O–H groups in total. The quantitative estimate of drug-likeness (QED) is 0.630. The van der Waals surface area contributed by atoms with E-state index in [0.717, 1.165) is 49.0 Å². The molecule has 2 atom stereocenters. The second kappa shape index (κ2) is 8.17. The van der Waals surface area contributed by atoms with Gasteiger partial charge in [-0.2, -0.15) is 0 Å². The third-order valence-corrected chi connectivity index (χ3v) is 4.56. The van der Waals surface area contributed by atoms with Crippen LogP contribution >= 0.6 is 0 Å². The van der Waals surface area contributed by atoms with E-state index in [1.165, 1.54) is 0 Å². The van der Waals surface area contributed by atoms with Gasteiger partial charge in [-0.1, -0.05) is 19.0 Å². The first-order valence-electron chi connectivity index (χ1n) is 8.63. The van der Waals surface area contributed by atoms with Crippen molar-refractivity contribution in [2.45, 2.75) is 52.5 Å². The zero-order chi connectivity index (χ0) is 17.7. The lowest BCUT2D eigenvalue weighted by atomic mass is 10.00. The van der Waals surface area contributed by atoms with Crippen molar-refractivity contribution in [1.29, 1.82) is 0 Å². The molecule has 1 amide bonds. The summed E-state index contributed by atoms with van der Waals surface area (Å²) in [5.41, 5.74) is 2.09. The van der Waals surface area contributed by atoms with E-state index < -0.39 is 0 Å². The van der Waals surface area contributed by atoms with Crippen molar-refractivity contribution in [3.05, 3.63) is 17.0 Å². The number of amides is 1. The Labute approximate surface area is 143 Å². The summed E-state index contributed by atoms with van der Waals surface area (Å²) in [5.74, 6) is 2.13. The number of nitrogens with one attached hydrogen (secondary N) is 2. The first-order valence-corrected chi connectivity index (χ1v) is 8.63. The maximum atomic E-state index is 11.8. The highest BCUT2D eigenvalue weighted by atomic mass is 16.5. The van der Waals surface area contributed by atoms with Gasteiger partial charge in [-0.15, -0.1) is 0 Å². The number of rotatable bonds is 5. The van der Waals surface area contributed by atoms with E-state index in [1.807, 2.05) is 25.7 Å². The summed E-state index contributed by atoms with van der Waals surface area (Å²) in [6.07, 6.45) is 1.51. The molecule has 1 aromatic rings. The van der Waals surface area contributed by atoms with Crippen LogP contribution in [0.5, 0.6) is 0 Å². The lowest BCUT2D eigenvalue weighted by Gasteiger charge is -2.20. The fraction of sp³-hybridized carbons (Fsp3) is 0.706. The first kappa shape index (κ1) is 18.3. The van der Waals surface area contributed by atoms with Gasteiger partial charge in [0.15, 0.2) is 5.96 Å². The topological polar surface area (TPSA) is 82.8 Å². The Morgan fingerprint density at radius 3 is 2.83 bits per heavy atom. The lowest BCUT2D eigenvalue weighted by molar-refractivity contribution is -0.129. The molecule has 0 aromatic carbocycles. The van der Waals surface area contributed by atoms with Gasteiger partial charge >= 0.3 is 0 Å². The molecule has 1 saturated heterocycles. The van der Waals surface area contributed by atoms with Gasteiger partial charge in [-0.3, -0.25) is 9.79 Å². The van der Waals surface area contributed by atoms with Crippen LogP contribution < -0.4 is 10.6 Å². The molecule has 1 aliphatic rings. The molecular weight excluding hydrogens is 306 g/mol. The molecule has 2 heterocycles. The Bertz CT molecular complexity index is 576. The fourth-order valence-electron chi connectivity index (χ4n) is 3.26. The zero-order valence-electron chi connectivity index (χ0n) is 15.3. The third kappa shape index (κ3) is 4.27. The summed E-state index contributed by atoms with van der Waals surface area (Å²) in [7, 11) is 1.76. The van der Waals surface area contributed by atoms with Crippen molar-refractivity contribution >= 4 is 11.9 Å². The van der Waals surface area contributed by atoms with Crippen LogP contribution in [0.25, 0.3) is 0 Å². The molecule has 0 radical (unpaired) electrons. The average molecular weight is 335 g/mol. The number of hydrogen-bond acceptors (Lipinski definition) is 4. The summed E-state index contributed by atoms with van der Waals surface area (Å²) in [4.78, 5) is 18.0. The van der Waals surface area contributed by atoms with Gasteiger partial charge in [0.05, 0.1) is 5.69 Å². The maximum Gasteiger partial charge on any atom is 0.222 e. The van der Waals surface area contributed by atoms with Crippen molar-refractivity contribution in [3.8, 4) is 0 Å². The number of likely N-dealkylation sites (tertiary alicyclic amines) is 1. The van der Waals surface area contributed by atoms with E-state index in [1.54, 1.807) is 7.05 Å². The van der Waals surface area contributed by atoms with Crippen LogP contribution in [0.15, 0.2) is 9.52 Å². The molecular formula is C17H29N5O2. The minimum atomic E-state index is 0.217. The minimum Gasteiger partial charge on any atom is -0.361 e. The smallest absolute Gasteiger partial charge is 0.222 e. The number of guanidine groups is 1. The molecule has 0 aliphatic carbocycles. The second-order valence-electron chi connectivity index (χ2n) is 6.42. The third-order valence-electron chi connectivity index (χ3n) is 4.56. The molecule has 7 nitrogen and oxygen atoms in total. The minimum absolute atomic E-state index is 0.217. The molecule has 0 saturated carbocycles. The summed E-state index contributed by atoms with van der Waals surface area (Å²) >= 11 is 0. The molecule has 2 unspecified atom stereocenters. The number of nitrogens with zero attached hydrogens (tertiary/aromatic N) is 3. The Balaban J connectivity index is 1.84. The van der Waals surface area contributed by atoms with Gasteiger partial charge in [0.1, 0.15) is 5.76 Å². The molecule has 1 aromatic heterocycles. The molecule has 2 rings (SSSR count). The molecule has 0 bridgehead atoms. The Morgan fingerprint density at radius 2 is 2.25 bits per heavy atom. The Hall–Kier alpha value is -2.05. The average Bonchev–Trinajstić information content (AvgIpc) is 3.17. The van der Waals surface area contributed by atoms with Crippen LogP contribution in [0.2, 0.25) is 0 Å². The summed E-state index contributed by atoms with van der Waals surface area (Å²) in [6, 6.07) is 0.251. The normalized spacial score (nSPS) is 19.5. The molecule has 134 valence electrons. The van der Waals surface area contributed by atoms with Gasteiger partial charge in [0.2, 0.25) is 5.91 Å². The number of hydrogen-bond donors (Lipinski definition) is 2. The van der Waals surface area contributed by atoms with Gasteiger partial charge < -0.3 is 20.1 Å². The van der Waals surface area contributed by atoms with Gasteiger partial charge in [0.25, 0.3) is 0 Å². The summed E-state index contributed by atoms with van der Waals surface area (Å²) < 4.78 is 5.24. The van der Waals surface area contributed by atoms with E-state index in [0.29, 0.717) is 6.42 Å². The Morgan fingerprint density at radius 1 is 1.50 bits per heavy atom. The van der Waals surface area contributed by atoms with Crippen molar-refractivity contribution in [2.75, 3.05) is 26.7 Å². The van der Waals surface area contributed by atoms with Crippen molar-refractivity contribution in [2.24, 2.45) is 4.99 Å². The molecule has 24 heavy (non-hydrogen) atoms. The predicted octanol–water partition coefficient (Wildman–Crippen LogP) is 1.57. The van der Waals surface area contributed by atoms with Crippen LogP contribution in [0.3, 0.4) is 0 Å². The van der Waals surface area contributed by atoms with Crippen molar-refractivity contribution in [1.82, 2.24) is 20.7 Å². The monoisotopic (exact) mass is 335 g/mol. The number of aryl methyl sites for hydroxylation is 2.